The van der Waals surface area contributed by atoms with Gasteiger partial charge in [-0.3, -0.25) is 9.69 Å². The highest BCUT2D eigenvalue weighted by Gasteiger charge is 2.30. The summed E-state index contributed by atoms with van der Waals surface area (Å²) in [5.41, 5.74) is 0. The molecule has 1 amide bonds. The van der Waals surface area contributed by atoms with Crippen LogP contribution >= 0.6 is 0 Å². The van der Waals surface area contributed by atoms with Gasteiger partial charge in [-0.25, -0.2) is 0 Å². The Labute approximate surface area is 123 Å². The van der Waals surface area contributed by atoms with E-state index in [0.717, 1.165) is 45.1 Å². The Morgan fingerprint density at radius 1 is 1.20 bits per heavy atom. The van der Waals surface area contributed by atoms with E-state index in [-0.39, 0.29) is 18.1 Å². The molecule has 0 aromatic heterocycles. The number of likely N-dealkylation sites (tertiary alicyclic amines) is 1. The first-order valence-corrected chi connectivity index (χ1v) is 8.31. The van der Waals surface area contributed by atoms with Gasteiger partial charge >= 0.3 is 0 Å². The van der Waals surface area contributed by atoms with Crippen LogP contribution in [-0.4, -0.2) is 59.1 Å². The van der Waals surface area contributed by atoms with E-state index in [9.17, 15) is 9.90 Å². The van der Waals surface area contributed by atoms with Gasteiger partial charge in [0.15, 0.2) is 0 Å². The van der Waals surface area contributed by atoms with Gasteiger partial charge in [-0.2, -0.15) is 0 Å². The predicted molar refractivity (Wildman–Crippen MR) is 80.5 cm³/mol. The maximum absolute atomic E-state index is 12.5. The summed E-state index contributed by atoms with van der Waals surface area (Å²) in [6, 6.07) is 0.596. The van der Waals surface area contributed by atoms with E-state index in [1.54, 1.807) is 0 Å². The molecule has 1 aliphatic heterocycles. The van der Waals surface area contributed by atoms with Crippen LogP contribution in [0.1, 0.15) is 58.3 Å². The molecule has 4 heteroatoms. The zero-order chi connectivity index (χ0) is 14.5. The van der Waals surface area contributed by atoms with Crippen LogP contribution in [0.3, 0.4) is 0 Å². The Hall–Kier alpha value is -0.610. The van der Waals surface area contributed by atoms with Crippen LogP contribution in [0.2, 0.25) is 0 Å². The van der Waals surface area contributed by atoms with Gasteiger partial charge < -0.3 is 10.0 Å². The minimum atomic E-state index is -0.259. The van der Waals surface area contributed by atoms with Crippen molar-refractivity contribution in [3.8, 4) is 0 Å². The van der Waals surface area contributed by atoms with Crippen molar-refractivity contribution in [3.05, 3.63) is 0 Å². The third-order valence-corrected chi connectivity index (χ3v) is 5.06. The molecular weight excluding hydrogens is 252 g/mol. The van der Waals surface area contributed by atoms with Crippen LogP contribution in [0.5, 0.6) is 0 Å². The van der Waals surface area contributed by atoms with Crippen molar-refractivity contribution in [2.75, 3.05) is 20.1 Å². The Morgan fingerprint density at radius 2 is 1.90 bits per heavy atom. The molecule has 3 atom stereocenters. The van der Waals surface area contributed by atoms with Crippen molar-refractivity contribution in [1.29, 1.82) is 0 Å². The molecule has 1 saturated carbocycles. The number of aliphatic hydroxyl groups excluding tert-OH is 1. The van der Waals surface area contributed by atoms with Gasteiger partial charge in [0, 0.05) is 18.6 Å². The van der Waals surface area contributed by atoms with Crippen LogP contribution in [0, 0.1) is 0 Å². The Kier molecular flexibility index (Phi) is 5.85. The highest BCUT2D eigenvalue weighted by atomic mass is 16.3. The normalized spacial score (nSPS) is 31.6. The third-order valence-electron chi connectivity index (χ3n) is 5.06. The molecule has 2 rings (SSSR count). The van der Waals surface area contributed by atoms with Crippen molar-refractivity contribution in [2.45, 2.75) is 76.5 Å². The minimum Gasteiger partial charge on any atom is -0.391 e. The Balaban J connectivity index is 1.89. The van der Waals surface area contributed by atoms with Crippen LogP contribution in [0.25, 0.3) is 0 Å². The van der Waals surface area contributed by atoms with E-state index in [1.807, 2.05) is 7.05 Å². The number of carbonyl (C=O) groups excluding carboxylic acids is 1. The number of hydrogen-bond donors (Lipinski definition) is 1. The van der Waals surface area contributed by atoms with E-state index in [0.29, 0.717) is 12.6 Å². The third kappa shape index (κ3) is 3.73. The second kappa shape index (κ2) is 7.41. The number of nitrogens with zero attached hydrogens (tertiary/aromatic N) is 2. The van der Waals surface area contributed by atoms with Crippen molar-refractivity contribution in [2.24, 2.45) is 0 Å². The maximum atomic E-state index is 12.5. The Bertz CT molecular complexity index is 322. The number of hydrogen-bond acceptors (Lipinski definition) is 3. The van der Waals surface area contributed by atoms with Gasteiger partial charge in [0.1, 0.15) is 0 Å². The lowest BCUT2D eigenvalue weighted by atomic mass is 9.91. The monoisotopic (exact) mass is 282 g/mol. The first-order valence-electron chi connectivity index (χ1n) is 8.31. The molecule has 4 nitrogen and oxygen atoms in total. The number of amides is 1. The first-order chi connectivity index (χ1) is 9.63. The number of carbonyl (C=O) groups is 1. The summed E-state index contributed by atoms with van der Waals surface area (Å²) >= 11 is 0. The van der Waals surface area contributed by atoms with Gasteiger partial charge in [-0.15, -0.1) is 0 Å². The lowest BCUT2D eigenvalue weighted by Gasteiger charge is -2.39. The van der Waals surface area contributed by atoms with Crippen molar-refractivity contribution < 1.29 is 9.90 Å². The second-order valence-electron chi connectivity index (χ2n) is 6.48. The van der Waals surface area contributed by atoms with Crippen molar-refractivity contribution in [1.82, 2.24) is 9.80 Å². The number of piperidine rings is 1. The summed E-state index contributed by atoms with van der Waals surface area (Å²) in [7, 11) is 1.99. The minimum absolute atomic E-state index is 0.164. The molecule has 116 valence electrons. The number of aliphatic hydroxyl groups is 1. The van der Waals surface area contributed by atoms with E-state index in [4.69, 9.17) is 0 Å². The Morgan fingerprint density at radius 3 is 2.60 bits per heavy atom. The number of rotatable bonds is 4. The summed E-state index contributed by atoms with van der Waals surface area (Å²) in [6.07, 6.45) is 8.51. The van der Waals surface area contributed by atoms with Crippen LogP contribution < -0.4 is 0 Å². The molecule has 1 saturated heterocycles. The van der Waals surface area contributed by atoms with Gasteiger partial charge in [0.25, 0.3) is 0 Å². The molecule has 0 spiro atoms. The number of likely N-dealkylation sites (N-methyl/N-ethyl adjacent to an activating group) is 1. The van der Waals surface area contributed by atoms with Gasteiger partial charge in [0.05, 0.1) is 12.6 Å². The summed E-state index contributed by atoms with van der Waals surface area (Å²) in [4.78, 5) is 16.7. The van der Waals surface area contributed by atoms with Crippen LogP contribution in [-0.2, 0) is 4.79 Å². The molecular formula is C16H30N2O2. The topological polar surface area (TPSA) is 43.8 Å². The molecule has 1 heterocycles. The zero-order valence-electron chi connectivity index (χ0n) is 13.1. The average molecular weight is 282 g/mol. The second-order valence-corrected chi connectivity index (χ2v) is 6.48. The van der Waals surface area contributed by atoms with E-state index in [2.05, 4.69) is 16.7 Å². The lowest BCUT2D eigenvalue weighted by Crippen LogP contribution is -2.51. The van der Waals surface area contributed by atoms with Gasteiger partial charge in [0.2, 0.25) is 5.91 Å². The van der Waals surface area contributed by atoms with Crippen LogP contribution in [0.15, 0.2) is 0 Å². The van der Waals surface area contributed by atoms with Crippen molar-refractivity contribution in [3.63, 3.8) is 0 Å². The standard InChI is InChI=1S/C16H30N2O2/c1-3-13-8-6-7-11-18(13)16(20)12-17(2)14-9-4-5-10-15(14)19/h13-15,19H,3-12H2,1-2H3. The lowest BCUT2D eigenvalue weighted by molar-refractivity contribution is -0.137. The molecule has 2 aliphatic rings. The van der Waals surface area contributed by atoms with Crippen LogP contribution in [0.4, 0.5) is 0 Å². The molecule has 20 heavy (non-hydrogen) atoms. The first kappa shape index (κ1) is 15.8. The summed E-state index contributed by atoms with van der Waals surface area (Å²) in [5.74, 6) is 0.247. The molecule has 0 bridgehead atoms. The summed E-state index contributed by atoms with van der Waals surface area (Å²) in [5, 5.41) is 10.1. The molecule has 2 fully saturated rings. The summed E-state index contributed by atoms with van der Waals surface area (Å²) in [6.45, 7) is 3.54. The predicted octanol–water partition coefficient (Wildman–Crippen LogP) is 2.01. The summed E-state index contributed by atoms with van der Waals surface area (Å²) < 4.78 is 0. The van der Waals surface area contributed by atoms with E-state index < -0.39 is 0 Å². The quantitative estimate of drug-likeness (QED) is 0.858. The smallest absolute Gasteiger partial charge is 0.236 e. The molecule has 3 unspecified atom stereocenters. The zero-order valence-corrected chi connectivity index (χ0v) is 13.1. The molecule has 0 radical (unpaired) electrons. The van der Waals surface area contributed by atoms with Gasteiger partial charge in [-0.1, -0.05) is 19.8 Å². The molecule has 1 N–H and O–H groups in total. The largest absolute Gasteiger partial charge is 0.391 e. The molecule has 1 aliphatic carbocycles. The average Bonchev–Trinajstić information content (AvgIpc) is 2.47. The fourth-order valence-corrected chi connectivity index (χ4v) is 3.78. The fraction of sp³-hybridized carbons (Fsp3) is 0.938. The van der Waals surface area contributed by atoms with Gasteiger partial charge in [-0.05, 0) is 45.6 Å². The molecule has 0 aromatic carbocycles. The maximum Gasteiger partial charge on any atom is 0.236 e. The fourth-order valence-electron chi connectivity index (χ4n) is 3.78. The van der Waals surface area contributed by atoms with E-state index in [1.165, 1.54) is 12.8 Å². The highest BCUT2D eigenvalue weighted by Crippen LogP contribution is 2.23. The van der Waals surface area contributed by atoms with E-state index >= 15 is 0 Å². The molecule has 0 aromatic rings. The highest BCUT2D eigenvalue weighted by molar-refractivity contribution is 5.78. The van der Waals surface area contributed by atoms with Crippen molar-refractivity contribution >= 4 is 5.91 Å². The SMILES string of the molecule is CCC1CCCCN1C(=O)CN(C)C1CCCCC1O.